The lowest BCUT2D eigenvalue weighted by atomic mass is 9.78. The Bertz CT molecular complexity index is 648. The molecule has 1 atom stereocenters. The molecular formula is C21H34BNO4. The van der Waals surface area contributed by atoms with Gasteiger partial charge in [0.05, 0.1) is 17.2 Å². The first kappa shape index (κ1) is 21.8. The number of ether oxygens (including phenoxy) is 1. The lowest BCUT2D eigenvalue weighted by Gasteiger charge is -2.32. The van der Waals surface area contributed by atoms with E-state index in [2.05, 4.69) is 0 Å². The fraction of sp³-hybridized carbons (Fsp3) is 0.667. The van der Waals surface area contributed by atoms with Gasteiger partial charge in [-0.1, -0.05) is 24.3 Å². The van der Waals surface area contributed by atoms with Crippen LogP contribution in [0.4, 0.5) is 4.79 Å². The molecular weight excluding hydrogens is 341 g/mol. The van der Waals surface area contributed by atoms with Crippen LogP contribution in [-0.2, 0) is 14.0 Å². The van der Waals surface area contributed by atoms with Crippen LogP contribution in [0.25, 0.3) is 0 Å². The van der Waals surface area contributed by atoms with Crippen LogP contribution >= 0.6 is 0 Å². The van der Waals surface area contributed by atoms with Crippen molar-refractivity contribution in [1.82, 2.24) is 4.90 Å². The Balaban J connectivity index is 2.13. The fourth-order valence-electron chi connectivity index (χ4n) is 2.97. The molecule has 0 radical (unpaired) electrons. The molecule has 1 fully saturated rings. The van der Waals surface area contributed by atoms with E-state index in [9.17, 15) is 4.79 Å². The molecule has 0 spiro atoms. The summed E-state index contributed by atoms with van der Waals surface area (Å²) in [5.74, 6) is 0. The summed E-state index contributed by atoms with van der Waals surface area (Å²) >= 11 is 0. The Morgan fingerprint density at radius 3 is 2.00 bits per heavy atom. The maximum atomic E-state index is 12.5. The van der Waals surface area contributed by atoms with Crippen LogP contribution in [0.1, 0.15) is 73.9 Å². The minimum Gasteiger partial charge on any atom is -0.444 e. The molecule has 0 bridgehead atoms. The highest BCUT2D eigenvalue weighted by atomic mass is 16.7. The fourth-order valence-corrected chi connectivity index (χ4v) is 2.97. The zero-order valence-corrected chi connectivity index (χ0v) is 18.3. The van der Waals surface area contributed by atoms with Crippen LogP contribution < -0.4 is 5.46 Å². The number of carbonyl (C=O) groups excluding carboxylic acids is 1. The summed E-state index contributed by atoms with van der Waals surface area (Å²) in [4.78, 5) is 14.2. The Labute approximate surface area is 164 Å². The van der Waals surface area contributed by atoms with Crippen LogP contribution in [0.5, 0.6) is 0 Å². The average molecular weight is 375 g/mol. The van der Waals surface area contributed by atoms with E-state index in [4.69, 9.17) is 14.0 Å². The van der Waals surface area contributed by atoms with Crippen LogP contribution in [0.3, 0.4) is 0 Å². The Morgan fingerprint density at radius 1 is 1.11 bits per heavy atom. The van der Waals surface area contributed by atoms with Crippen molar-refractivity contribution in [2.24, 2.45) is 0 Å². The highest BCUT2D eigenvalue weighted by Gasteiger charge is 2.51. The SMILES string of the molecule is CCN(C(=O)OC(C)(C)C)C(C)c1ccc(B2OC(C)(C)C(C)(C)O2)cc1. The molecule has 1 heterocycles. The number of benzene rings is 1. The lowest BCUT2D eigenvalue weighted by Crippen LogP contribution is -2.41. The number of hydrogen-bond acceptors (Lipinski definition) is 4. The summed E-state index contributed by atoms with van der Waals surface area (Å²) in [7, 11) is -0.382. The van der Waals surface area contributed by atoms with Crippen molar-refractivity contribution in [2.45, 2.75) is 85.2 Å². The van der Waals surface area contributed by atoms with E-state index >= 15 is 0 Å². The minimum atomic E-state index is -0.509. The van der Waals surface area contributed by atoms with Gasteiger partial charge in [0.1, 0.15) is 5.60 Å². The Morgan fingerprint density at radius 2 is 1.59 bits per heavy atom. The van der Waals surface area contributed by atoms with Crippen molar-refractivity contribution >= 4 is 18.7 Å². The zero-order chi connectivity index (χ0) is 20.6. The van der Waals surface area contributed by atoms with Gasteiger partial charge in [-0.2, -0.15) is 0 Å². The largest absolute Gasteiger partial charge is 0.494 e. The van der Waals surface area contributed by atoms with E-state index in [-0.39, 0.29) is 30.5 Å². The van der Waals surface area contributed by atoms with Crippen LogP contribution in [-0.4, -0.2) is 41.5 Å². The molecule has 0 aliphatic carbocycles. The van der Waals surface area contributed by atoms with Gasteiger partial charge in [0, 0.05) is 6.54 Å². The van der Waals surface area contributed by atoms with Crippen molar-refractivity contribution in [2.75, 3.05) is 6.54 Å². The van der Waals surface area contributed by atoms with Crippen LogP contribution in [0.15, 0.2) is 24.3 Å². The van der Waals surface area contributed by atoms with E-state index < -0.39 is 5.60 Å². The second-order valence-electron chi connectivity index (χ2n) is 9.20. The minimum absolute atomic E-state index is 0.0859. The average Bonchev–Trinajstić information content (AvgIpc) is 2.74. The predicted octanol–water partition coefficient (Wildman–Crippen LogP) is 4.30. The summed E-state index contributed by atoms with van der Waals surface area (Å²) in [6, 6.07) is 7.99. The molecule has 2 rings (SSSR count). The van der Waals surface area contributed by atoms with Gasteiger partial charge in [-0.3, -0.25) is 0 Å². The highest BCUT2D eigenvalue weighted by molar-refractivity contribution is 6.62. The number of nitrogens with zero attached hydrogens (tertiary/aromatic N) is 1. The second-order valence-corrected chi connectivity index (χ2v) is 9.20. The number of amides is 1. The van der Waals surface area contributed by atoms with Crippen molar-refractivity contribution in [1.29, 1.82) is 0 Å². The molecule has 0 N–H and O–H groups in total. The van der Waals surface area contributed by atoms with Gasteiger partial charge in [-0.15, -0.1) is 0 Å². The molecule has 27 heavy (non-hydrogen) atoms. The van der Waals surface area contributed by atoms with Gasteiger partial charge < -0.3 is 18.9 Å². The summed E-state index contributed by atoms with van der Waals surface area (Å²) in [5.41, 5.74) is 0.789. The summed E-state index contributed by atoms with van der Waals surface area (Å²) in [6.07, 6.45) is -0.299. The topological polar surface area (TPSA) is 48.0 Å². The molecule has 1 unspecified atom stereocenters. The third kappa shape index (κ3) is 4.85. The zero-order valence-electron chi connectivity index (χ0n) is 18.3. The quantitative estimate of drug-likeness (QED) is 0.736. The van der Waals surface area contributed by atoms with Gasteiger partial charge in [0.2, 0.25) is 0 Å². The molecule has 0 saturated carbocycles. The second kappa shape index (κ2) is 7.48. The van der Waals surface area contributed by atoms with E-state index in [0.717, 1.165) is 11.0 Å². The monoisotopic (exact) mass is 375 g/mol. The smallest absolute Gasteiger partial charge is 0.444 e. The van der Waals surface area contributed by atoms with Gasteiger partial charge in [0.25, 0.3) is 0 Å². The first-order chi connectivity index (χ1) is 12.3. The number of hydrogen-bond donors (Lipinski definition) is 0. The molecule has 1 amide bonds. The van der Waals surface area contributed by atoms with Gasteiger partial charge >= 0.3 is 13.2 Å². The van der Waals surface area contributed by atoms with E-state index in [1.807, 2.05) is 86.6 Å². The molecule has 6 heteroatoms. The molecule has 150 valence electrons. The highest BCUT2D eigenvalue weighted by Crippen LogP contribution is 2.36. The maximum Gasteiger partial charge on any atom is 0.494 e. The molecule has 1 aromatic rings. The first-order valence-electron chi connectivity index (χ1n) is 9.72. The maximum absolute atomic E-state index is 12.5. The Kier molecular flexibility index (Phi) is 6.03. The van der Waals surface area contributed by atoms with Gasteiger partial charge in [-0.05, 0) is 73.3 Å². The molecule has 1 saturated heterocycles. The van der Waals surface area contributed by atoms with Crippen molar-refractivity contribution in [3.63, 3.8) is 0 Å². The summed E-state index contributed by atoms with van der Waals surface area (Å²) < 4.78 is 17.7. The Hall–Kier alpha value is -1.53. The first-order valence-corrected chi connectivity index (χ1v) is 9.72. The molecule has 0 aromatic heterocycles. The third-order valence-electron chi connectivity index (χ3n) is 5.38. The molecule has 1 aromatic carbocycles. The van der Waals surface area contributed by atoms with E-state index in [0.29, 0.717) is 6.54 Å². The van der Waals surface area contributed by atoms with Gasteiger partial charge in [0.15, 0.2) is 0 Å². The van der Waals surface area contributed by atoms with Crippen molar-refractivity contribution < 1.29 is 18.8 Å². The standard InChI is InChI=1S/C21H34BNO4/c1-10-23(18(24)25-19(3,4)5)15(2)16-11-13-17(14-12-16)22-26-20(6,7)21(8,9)27-22/h11-15H,10H2,1-9H3. The lowest BCUT2D eigenvalue weighted by molar-refractivity contribution is 0.00578. The van der Waals surface area contributed by atoms with E-state index in [1.165, 1.54) is 0 Å². The number of carbonyl (C=O) groups is 1. The molecule has 5 nitrogen and oxygen atoms in total. The normalized spacial score (nSPS) is 19.7. The van der Waals surface area contributed by atoms with Crippen LogP contribution in [0, 0.1) is 0 Å². The molecule has 1 aliphatic heterocycles. The van der Waals surface area contributed by atoms with E-state index in [1.54, 1.807) is 4.90 Å². The van der Waals surface area contributed by atoms with Crippen molar-refractivity contribution in [3.8, 4) is 0 Å². The number of rotatable bonds is 4. The van der Waals surface area contributed by atoms with Gasteiger partial charge in [-0.25, -0.2) is 4.79 Å². The third-order valence-corrected chi connectivity index (χ3v) is 5.38. The van der Waals surface area contributed by atoms with Crippen molar-refractivity contribution in [3.05, 3.63) is 29.8 Å². The summed E-state index contributed by atoms with van der Waals surface area (Å²) in [5, 5.41) is 0. The molecule has 1 aliphatic rings. The predicted molar refractivity (Wildman–Crippen MR) is 109 cm³/mol. The van der Waals surface area contributed by atoms with Crippen LogP contribution in [0.2, 0.25) is 0 Å². The summed E-state index contributed by atoms with van der Waals surface area (Å²) in [6.45, 7) is 18.4.